The Morgan fingerprint density at radius 2 is 2.00 bits per heavy atom. The second-order valence-electron chi connectivity index (χ2n) is 3.85. The van der Waals surface area contributed by atoms with Gasteiger partial charge in [-0.1, -0.05) is 12.1 Å². The molecule has 0 fully saturated rings. The number of sulfonamides is 1. The van der Waals surface area contributed by atoms with Crippen LogP contribution in [0, 0.1) is 0 Å². The van der Waals surface area contributed by atoms with Crippen LogP contribution in [0.1, 0.15) is 13.8 Å². The van der Waals surface area contributed by atoms with Gasteiger partial charge in [0.2, 0.25) is 15.3 Å². The Morgan fingerprint density at radius 3 is 2.47 bits per heavy atom. The van der Waals surface area contributed by atoms with Crippen molar-refractivity contribution in [2.45, 2.75) is 19.9 Å². The molecule has 0 amide bonds. The highest BCUT2D eigenvalue weighted by molar-refractivity contribution is 7.92. The van der Waals surface area contributed by atoms with Crippen LogP contribution in [-0.2, 0) is 14.8 Å². The van der Waals surface area contributed by atoms with Crippen LogP contribution in [0.4, 0.5) is 5.69 Å². The molecule has 1 rings (SSSR count). The lowest BCUT2D eigenvalue weighted by atomic mass is 10.2. The van der Waals surface area contributed by atoms with Gasteiger partial charge in [0.15, 0.2) is 0 Å². The predicted molar refractivity (Wildman–Crippen MR) is 75.3 cm³/mol. The first-order valence-electron chi connectivity index (χ1n) is 5.69. The van der Waals surface area contributed by atoms with Gasteiger partial charge in [0.05, 0.1) is 18.6 Å². The Hall–Kier alpha value is -1.27. The smallest absolute Gasteiger partial charge is 0.245 e. The molecule has 19 heavy (non-hydrogen) atoms. The van der Waals surface area contributed by atoms with Gasteiger partial charge in [-0.15, -0.1) is 0 Å². The van der Waals surface area contributed by atoms with Gasteiger partial charge in [-0.3, -0.25) is 9.10 Å². The molecule has 0 aliphatic rings. The summed E-state index contributed by atoms with van der Waals surface area (Å²) in [6, 6.07) is 5.58. The topological polar surface area (TPSA) is 63.7 Å². The quantitative estimate of drug-likeness (QED) is 0.754. The number of anilines is 1. The van der Waals surface area contributed by atoms with Crippen LogP contribution in [0.25, 0.3) is 0 Å². The Bertz CT molecular complexity index is 559. The Labute approximate surface area is 118 Å². The van der Waals surface area contributed by atoms with E-state index in [2.05, 4.69) is 0 Å². The van der Waals surface area contributed by atoms with Crippen molar-refractivity contribution in [1.82, 2.24) is 0 Å². The zero-order valence-corrected chi connectivity index (χ0v) is 12.5. The van der Waals surface area contributed by atoms with Crippen LogP contribution in [0.3, 0.4) is 0 Å². The van der Waals surface area contributed by atoms with Gasteiger partial charge >= 0.3 is 0 Å². The van der Waals surface area contributed by atoms with E-state index in [0.717, 1.165) is 4.31 Å². The van der Waals surface area contributed by atoms with Crippen molar-refractivity contribution in [3.05, 3.63) is 24.3 Å². The van der Waals surface area contributed by atoms with Crippen LogP contribution in [-0.4, -0.2) is 32.6 Å². The first-order valence-corrected chi connectivity index (χ1v) is 7.68. The van der Waals surface area contributed by atoms with E-state index in [1.54, 1.807) is 24.3 Å². The Balaban J connectivity index is 3.44. The molecule has 0 aromatic heterocycles. The first-order chi connectivity index (χ1) is 8.85. The van der Waals surface area contributed by atoms with E-state index < -0.39 is 21.3 Å². The van der Waals surface area contributed by atoms with E-state index in [1.807, 2.05) is 0 Å². The highest BCUT2D eigenvalue weighted by Crippen LogP contribution is 2.32. The van der Waals surface area contributed by atoms with E-state index in [0.29, 0.717) is 11.4 Å². The Kier molecular flexibility index (Phi) is 5.20. The number of carbonyl (C=O) groups is 1. The lowest BCUT2D eigenvalue weighted by Crippen LogP contribution is -2.43. The van der Waals surface area contributed by atoms with Gasteiger partial charge in [0.1, 0.15) is 11.8 Å². The number of rotatable bonds is 6. The molecule has 1 aromatic carbocycles. The van der Waals surface area contributed by atoms with Crippen molar-refractivity contribution in [3.8, 4) is 5.75 Å². The third kappa shape index (κ3) is 3.39. The van der Waals surface area contributed by atoms with Crippen LogP contribution in [0.5, 0.6) is 5.75 Å². The molecule has 0 N–H and O–H groups in total. The maximum absolute atomic E-state index is 12.2. The summed E-state index contributed by atoms with van der Waals surface area (Å²) in [7, 11) is -2.21. The highest BCUT2D eigenvalue weighted by Gasteiger charge is 2.31. The molecule has 0 saturated carbocycles. The maximum atomic E-state index is 12.2. The van der Waals surface area contributed by atoms with Crippen LogP contribution < -0.4 is 9.04 Å². The molecule has 0 aliphatic heterocycles. The fourth-order valence-corrected chi connectivity index (χ4v) is 3.10. The van der Waals surface area contributed by atoms with E-state index in [9.17, 15) is 13.2 Å². The van der Waals surface area contributed by atoms with Gasteiger partial charge in [-0.25, -0.2) is 8.42 Å². The second-order valence-corrected chi connectivity index (χ2v) is 6.36. The summed E-state index contributed by atoms with van der Waals surface area (Å²) in [5.74, 6) is 0.226. The van der Waals surface area contributed by atoms with Gasteiger partial charge in [0, 0.05) is 0 Å². The van der Waals surface area contributed by atoms with Crippen LogP contribution in [0.15, 0.2) is 24.3 Å². The number of carbonyl (C=O) groups excluding carboxylic acids is 1. The van der Waals surface area contributed by atoms with Crippen molar-refractivity contribution in [3.63, 3.8) is 0 Å². The van der Waals surface area contributed by atoms with Gasteiger partial charge in [-0.05, 0) is 37.6 Å². The number of methoxy groups -OCH3 is 1. The average molecular weight is 306 g/mol. The minimum atomic E-state index is -3.64. The number of para-hydroxylation sites is 2. The normalized spacial score (nSPS) is 12.8. The van der Waals surface area contributed by atoms with Crippen molar-refractivity contribution >= 4 is 32.6 Å². The summed E-state index contributed by atoms with van der Waals surface area (Å²) in [6.07, 6.45) is 0. The van der Waals surface area contributed by atoms with Crippen molar-refractivity contribution in [1.29, 1.82) is 0 Å². The lowest BCUT2D eigenvalue weighted by molar-refractivity contribution is -0.112. The summed E-state index contributed by atoms with van der Waals surface area (Å²) >= 11 is 5.45. The third-order valence-corrected chi connectivity index (χ3v) is 4.83. The average Bonchev–Trinajstić information content (AvgIpc) is 2.39. The van der Waals surface area contributed by atoms with Crippen molar-refractivity contribution in [2.24, 2.45) is 0 Å². The molecule has 1 aromatic rings. The van der Waals surface area contributed by atoms with Gasteiger partial charge in [-0.2, -0.15) is 0 Å². The molecule has 0 radical (unpaired) electrons. The first kappa shape index (κ1) is 15.8. The second kappa shape index (κ2) is 6.25. The van der Waals surface area contributed by atoms with E-state index in [4.69, 9.17) is 16.3 Å². The summed E-state index contributed by atoms with van der Waals surface area (Å²) in [5.41, 5.74) is 0.299. The number of nitrogens with zero attached hydrogens (tertiary/aromatic N) is 1. The molecular weight excluding hydrogens is 290 g/mol. The van der Waals surface area contributed by atoms with E-state index >= 15 is 0 Å². The van der Waals surface area contributed by atoms with Crippen molar-refractivity contribution in [2.75, 3.05) is 17.2 Å². The summed E-state index contributed by atoms with van der Waals surface area (Å²) in [4.78, 5) is 11.3. The molecule has 1 atom stereocenters. The standard InChI is InChI=1S/C12H16ClNO4S/c1-4-19(16,17)14(9(2)12(13)15)10-7-5-6-8-11(10)18-3/h5-9H,4H2,1-3H3. The largest absolute Gasteiger partial charge is 0.495 e. The molecule has 7 heteroatoms. The summed E-state index contributed by atoms with van der Waals surface area (Å²) in [5, 5.41) is -0.747. The highest BCUT2D eigenvalue weighted by atomic mass is 35.5. The fraction of sp³-hybridized carbons (Fsp3) is 0.417. The molecule has 0 heterocycles. The van der Waals surface area contributed by atoms with E-state index in [-0.39, 0.29) is 5.75 Å². The Morgan fingerprint density at radius 1 is 1.42 bits per heavy atom. The van der Waals surface area contributed by atoms with Crippen LogP contribution >= 0.6 is 11.6 Å². The third-order valence-electron chi connectivity index (χ3n) is 2.67. The number of hydrogen-bond acceptors (Lipinski definition) is 4. The van der Waals surface area contributed by atoms with Gasteiger partial charge < -0.3 is 4.74 Å². The zero-order valence-electron chi connectivity index (χ0n) is 11.0. The predicted octanol–water partition coefficient (Wildman–Crippen LogP) is 2.01. The number of ether oxygens (including phenoxy) is 1. The number of halogens is 1. The van der Waals surface area contributed by atoms with Gasteiger partial charge in [0.25, 0.3) is 0 Å². The van der Waals surface area contributed by atoms with E-state index in [1.165, 1.54) is 21.0 Å². The number of hydrogen-bond donors (Lipinski definition) is 0. The van der Waals surface area contributed by atoms with Crippen LogP contribution in [0.2, 0.25) is 0 Å². The SMILES string of the molecule is CCS(=O)(=O)N(c1ccccc1OC)C(C)C(=O)Cl. The number of benzene rings is 1. The zero-order chi connectivity index (χ0) is 14.6. The molecule has 0 aliphatic carbocycles. The lowest BCUT2D eigenvalue weighted by Gasteiger charge is -2.28. The molecule has 0 spiro atoms. The molecule has 106 valence electrons. The monoisotopic (exact) mass is 305 g/mol. The maximum Gasteiger partial charge on any atom is 0.245 e. The molecule has 5 nitrogen and oxygen atoms in total. The minimum Gasteiger partial charge on any atom is -0.495 e. The summed E-state index contributed by atoms with van der Waals surface area (Å²) in [6.45, 7) is 2.94. The minimum absolute atomic E-state index is 0.139. The summed E-state index contributed by atoms with van der Waals surface area (Å²) < 4.78 is 30.5. The van der Waals surface area contributed by atoms with Crippen molar-refractivity contribution < 1.29 is 17.9 Å². The molecule has 0 saturated heterocycles. The fourth-order valence-electron chi connectivity index (χ4n) is 1.64. The molecular formula is C12H16ClNO4S. The molecule has 1 unspecified atom stereocenters. The molecule has 0 bridgehead atoms.